The molecule has 1 aromatic rings. The Morgan fingerprint density at radius 2 is 2.21 bits per heavy atom. The molecule has 19 heavy (non-hydrogen) atoms. The van der Waals surface area contributed by atoms with Crippen molar-refractivity contribution in [3.63, 3.8) is 0 Å². The molecule has 0 aliphatic carbocycles. The molecule has 1 fully saturated rings. The van der Waals surface area contributed by atoms with Crippen LogP contribution < -0.4 is 20.1 Å². The number of hydrogen-bond donors (Lipinski definition) is 2. The molecule has 2 aliphatic heterocycles. The fraction of sp³-hybridized carbons (Fsp3) is 0.500. The van der Waals surface area contributed by atoms with Gasteiger partial charge in [-0.2, -0.15) is 0 Å². The number of ether oxygens (including phenoxy) is 2. The highest BCUT2D eigenvalue weighted by Crippen LogP contribution is 2.32. The van der Waals surface area contributed by atoms with E-state index in [0.29, 0.717) is 12.5 Å². The zero-order chi connectivity index (χ0) is 13.2. The summed E-state index contributed by atoms with van der Waals surface area (Å²) in [4.78, 5) is 12.1. The van der Waals surface area contributed by atoms with Crippen LogP contribution in [0.15, 0.2) is 18.2 Å². The van der Waals surface area contributed by atoms with E-state index in [1.165, 1.54) is 0 Å². The van der Waals surface area contributed by atoms with Crippen LogP contribution in [0.3, 0.4) is 0 Å². The SMILES string of the molecule is C[C@@H]1CNC[C@H]1C(=O)NCc1ccc2c(c1)OCO2. The third-order valence-corrected chi connectivity index (χ3v) is 3.76. The van der Waals surface area contributed by atoms with Crippen molar-refractivity contribution in [1.82, 2.24) is 10.6 Å². The largest absolute Gasteiger partial charge is 0.454 e. The summed E-state index contributed by atoms with van der Waals surface area (Å²) in [6, 6.07) is 5.74. The number of nitrogens with one attached hydrogen (secondary N) is 2. The second-order valence-electron chi connectivity index (χ2n) is 5.15. The third-order valence-electron chi connectivity index (χ3n) is 3.76. The van der Waals surface area contributed by atoms with Gasteiger partial charge < -0.3 is 20.1 Å². The van der Waals surface area contributed by atoms with Crippen LogP contribution in [0.2, 0.25) is 0 Å². The Hall–Kier alpha value is -1.75. The number of rotatable bonds is 3. The number of amides is 1. The summed E-state index contributed by atoms with van der Waals surface area (Å²) in [5, 5.41) is 6.22. The highest BCUT2D eigenvalue weighted by molar-refractivity contribution is 5.79. The summed E-state index contributed by atoms with van der Waals surface area (Å²) in [5.74, 6) is 2.12. The smallest absolute Gasteiger partial charge is 0.231 e. The Morgan fingerprint density at radius 1 is 1.37 bits per heavy atom. The van der Waals surface area contributed by atoms with Gasteiger partial charge in [0.1, 0.15) is 0 Å². The van der Waals surface area contributed by atoms with E-state index in [2.05, 4.69) is 17.6 Å². The van der Waals surface area contributed by atoms with Gasteiger partial charge in [-0.25, -0.2) is 0 Å². The van der Waals surface area contributed by atoms with Gasteiger partial charge in [-0.3, -0.25) is 4.79 Å². The maximum absolute atomic E-state index is 12.1. The molecule has 0 aromatic heterocycles. The lowest BCUT2D eigenvalue weighted by atomic mass is 9.97. The van der Waals surface area contributed by atoms with Crippen molar-refractivity contribution in [2.75, 3.05) is 19.9 Å². The molecule has 5 heteroatoms. The van der Waals surface area contributed by atoms with Crippen molar-refractivity contribution >= 4 is 5.91 Å². The highest BCUT2D eigenvalue weighted by Gasteiger charge is 2.29. The van der Waals surface area contributed by atoms with E-state index in [1.807, 2.05) is 18.2 Å². The maximum atomic E-state index is 12.1. The molecule has 2 aliphatic rings. The topological polar surface area (TPSA) is 59.6 Å². The number of benzene rings is 1. The maximum Gasteiger partial charge on any atom is 0.231 e. The Labute approximate surface area is 112 Å². The van der Waals surface area contributed by atoms with Crippen LogP contribution in [-0.4, -0.2) is 25.8 Å². The van der Waals surface area contributed by atoms with E-state index in [4.69, 9.17) is 9.47 Å². The van der Waals surface area contributed by atoms with Gasteiger partial charge in [0.15, 0.2) is 11.5 Å². The summed E-state index contributed by atoms with van der Waals surface area (Å²) < 4.78 is 10.6. The molecule has 2 heterocycles. The molecule has 0 unspecified atom stereocenters. The van der Waals surface area contributed by atoms with Crippen molar-refractivity contribution in [1.29, 1.82) is 0 Å². The molecule has 2 atom stereocenters. The summed E-state index contributed by atoms with van der Waals surface area (Å²) in [5.41, 5.74) is 1.02. The summed E-state index contributed by atoms with van der Waals surface area (Å²) in [7, 11) is 0. The van der Waals surface area contributed by atoms with Crippen LogP contribution in [0.1, 0.15) is 12.5 Å². The number of carbonyl (C=O) groups is 1. The number of carbonyl (C=O) groups excluding carboxylic acids is 1. The van der Waals surface area contributed by atoms with Crippen LogP contribution in [0.4, 0.5) is 0 Å². The fourth-order valence-corrected chi connectivity index (χ4v) is 2.53. The number of fused-ring (bicyclic) bond motifs is 1. The lowest BCUT2D eigenvalue weighted by molar-refractivity contribution is -0.125. The molecule has 0 radical (unpaired) electrons. The molecule has 0 saturated carbocycles. The van der Waals surface area contributed by atoms with Gasteiger partial charge >= 0.3 is 0 Å². The Morgan fingerprint density at radius 3 is 3.00 bits per heavy atom. The molecule has 1 aromatic carbocycles. The molecule has 3 rings (SSSR count). The predicted molar refractivity (Wildman–Crippen MR) is 69.9 cm³/mol. The van der Waals surface area contributed by atoms with Crippen LogP contribution in [-0.2, 0) is 11.3 Å². The molecule has 2 N–H and O–H groups in total. The first-order valence-electron chi connectivity index (χ1n) is 6.61. The second-order valence-corrected chi connectivity index (χ2v) is 5.15. The van der Waals surface area contributed by atoms with Gasteiger partial charge in [-0.15, -0.1) is 0 Å². The molecule has 102 valence electrons. The van der Waals surface area contributed by atoms with Crippen molar-refractivity contribution in [2.45, 2.75) is 13.5 Å². The van der Waals surface area contributed by atoms with Gasteiger partial charge in [0.2, 0.25) is 12.7 Å². The Balaban J connectivity index is 1.58. The molecular weight excluding hydrogens is 244 g/mol. The molecule has 0 spiro atoms. The van der Waals surface area contributed by atoms with E-state index in [-0.39, 0.29) is 18.6 Å². The molecular formula is C14H18N2O3. The normalized spacial score (nSPS) is 24.5. The van der Waals surface area contributed by atoms with E-state index < -0.39 is 0 Å². The zero-order valence-electron chi connectivity index (χ0n) is 10.9. The van der Waals surface area contributed by atoms with Crippen LogP contribution in [0, 0.1) is 11.8 Å². The molecule has 5 nitrogen and oxygen atoms in total. The third kappa shape index (κ3) is 2.51. The fourth-order valence-electron chi connectivity index (χ4n) is 2.53. The van der Waals surface area contributed by atoms with E-state index in [9.17, 15) is 4.79 Å². The molecule has 1 saturated heterocycles. The van der Waals surface area contributed by atoms with Crippen LogP contribution in [0.5, 0.6) is 11.5 Å². The minimum Gasteiger partial charge on any atom is -0.454 e. The van der Waals surface area contributed by atoms with E-state index in [0.717, 1.165) is 30.2 Å². The van der Waals surface area contributed by atoms with Gasteiger partial charge in [-0.1, -0.05) is 13.0 Å². The Bertz CT molecular complexity index is 490. The standard InChI is InChI=1S/C14H18N2O3/c1-9-5-15-7-11(9)14(17)16-6-10-2-3-12-13(4-10)19-8-18-12/h2-4,9,11,15H,5-8H2,1H3,(H,16,17)/t9-,11-/m1/s1. The second kappa shape index (κ2) is 5.09. The van der Waals surface area contributed by atoms with Crippen molar-refractivity contribution in [3.05, 3.63) is 23.8 Å². The lowest BCUT2D eigenvalue weighted by Gasteiger charge is -2.14. The van der Waals surface area contributed by atoms with Crippen molar-refractivity contribution in [2.24, 2.45) is 11.8 Å². The lowest BCUT2D eigenvalue weighted by Crippen LogP contribution is -2.33. The van der Waals surface area contributed by atoms with Gasteiger partial charge in [0, 0.05) is 13.1 Å². The first-order valence-corrected chi connectivity index (χ1v) is 6.61. The first kappa shape index (κ1) is 12.3. The van der Waals surface area contributed by atoms with Crippen molar-refractivity contribution < 1.29 is 14.3 Å². The average molecular weight is 262 g/mol. The predicted octanol–water partition coefficient (Wildman–Crippen LogP) is 0.887. The monoisotopic (exact) mass is 262 g/mol. The molecule has 1 amide bonds. The average Bonchev–Trinajstić information content (AvgIpc) is 3.03. The summed E-state index contributed by atoms with van der Waals surface area (Å²) >= 11 is 0. The van der Waals surface area contributed by atoms with Crippen LogP contribution >= 0.6 is 0 Å². The Kier molecular flexibility index (Phi) is 3.29. The highest BCUT2D eigenvalue weighted by atomic mass is 16.7. The van der Waals surface area contributed by atoms with Gasteiger partial charge in [0.05, 0.1) is 5.92 Å². The summed E-state index contributed by atoms with van der Waals surface area (Å²) in [6.45, 7) is 4.59. The first-order chi connectivity index (χ1) is 9.24. The number of hydrogen-bond acceptors (Lipinski definition) is 4. The van der Waals surface area contributed by atoms with E-state index >= 15 is 0 Å². The van der Waals surface area contributed by atoms with Crippen molar-refractivity contribution in [3.8, 4) is 11.5 Å². The minimum absolute atomic E-state index is 0.0778. The van der Waals surface area contributed by atoms with Gasteiger partial charge in [0.25, 0.3) is 0 Å². The molecule has 0 bridgehead atoms. The summed E-state index contributed by atoms with van der Waals surface area (Å²) in [6.07, 6.45) is 0. The van der Waals surface area contributed by atoms with E-state index in [1.54, 1.807) is 0 Å². The minimum atomic E-state index is 0.0778. The van der Waals surface area contributed by atoms with Crippen LogP contribution in [0.25, 0.3) is 0 Å². The zero-order valence-corrected chi connectivity index (χ0v) is 10.9. The van der Waals surface area contributed by atoms with Gasteiger partial charge in [-0.05, 0) is 30.2 Å². The quantitative estimate of drug-likeness (QED) is 0.849.